The van der Waals surface area contributed by atoms with Gasteiger partial charge in [-0.1, -0.05) is 42.5 Å². The first-order valence-corrected chi connectivity index (χ1v) is 12.6. The number of non-ortho nitro benzene ring substituents is 1. The van der Waals surface area contributed by atoms with Gasteiger partial charge in [-0.2, -0.15) is 0 Å². The van der Waals surface area contributed by atoms with Crippen LogP contribution in [0.3, 0.4) is 0 Å². The largest absolute Gasteiger partial charge is 0.460 e. The van der Waals surface area contributed by atoms with Crippen molar-refractivity contribution >= 4 is 51.4 Å². The molecule has 1 atom stereocenters. The Bertz CT molecular complexity index is 1380. The maximum absolute atomic E-state index is 13.3. The van der Waals surface area contributed by atoms with Crippen molar-refractivity contribution in [2.24, 2.45) is 10.1 Å². The van der Waals surface area contributed by atoms with E-state index in [1.54, 1.807) is 24.1 Å². The van der Waals surface area contributed by atoms with Gasteiger partial charge in [-0.25, -0.2) is 14.8 Å². The van der Waals surface area contributed by atoms with Crippen molar-refractivity contribution in [2.45, 2.75) is 19.0 Å². The summed E-state index contributed by atoms with van der Waals surface area (Å²) in [6, 6.07) is 23.5. The minimum absolute atomic E-state index is 0.0317. The molecule has 0 fully saturated rings. The van der Waals surface area contributed by atoms with Crippen LogP contribution in [0.5, 0.6) is 0 Å². The number of rotatable bonds is 5. The van der Waals surface area contributed by atoms with E-state index in [4.69, 9.17) is 14.8 Å². The molecule has 0 saturated carbocycles. The number of para-hydroxylation sites is 2. The lowest BCUT2D eigenvalue weighted by molar-refractivity contribution is -0.384. The fraction of sp³-hybridized carbons (Fsp3) is 0.192. The number of hydrogen-bond acceptors (Lipinski definition) is 9. The summed E-state index contributed by atoms with van der Waals surface area (Å²) in [6.07, 6.45) is 2.37. The number of amidine groups is 1. The minimum atomic E-state index is -1.02. The third-order valence-electron chi connectivity index (χ3n) is 6.13. The third-order valence-corrected chi connectivity index (χ3v) is 6.83. The van der Waals surface area contributed by atoms with Crippen LogP contribution in [0.4, 0.5) is 22.7 Å². The number of carbonyl (C=O) groups excluding carboxylic acids is 1. The van der Waals surface area contributed by atoms with E-state index in [1.165, 1.54) is 23.9 Å². The number of nitro benzene ring substituents is 1. The van der Waals surface area contributed by atoms with Crippen molar-refractivity contribution in [3.63, 3.8) is 0 Å². The summed E-state index contributed by atoms with van der Waals surface area (Å²) in [5.74, 6) is -0.450. The molecule has 36 heavy (non-hydrogen) atoms. The van der Waals surface area contributed by atoms with Gasteiger partial charge in [0.15, 0.2) is 5.66 Å². The highest BCUT2D eigenvalue weighted by atomic mass is 32.2. The Balaban J connectivity index is 1.82. The summed E-state index contributed by atoms with van der Waals surface area (Å²) in [5, 5.41) is 18.7. The van der Waals surface area contributed by atoms with Crippen LogP contribution in [0.25, 0.3) is 0 Å². The molecular weight excluding hydrogens is 478 g/mol. The zero-order chi connectivity index (χ0) is 25.3. The molecule has 0 aromatic heterocycles. The number of esters is 1. The van der Waals surface area contributed by atoms with Crippen LogP contribution in [0, 0.1) is 10.1 Å². The molecular formula is C26H23N5O4S. The Labute approximate surface area is 212 Å². The summed E-state index contributed by atoms with van der Waals surface area (Å²) >= 11 is 1.53. The monoisotopic (exact) mass is 501 g/mol. The molecule has 0 amide bonds. The molecule has 0 aliphatic carbocycles. The number of anilines is 2. The fourth-order valence-electron chi connectivity index (χ4n) is 4.58. The van der Waals surface area contributed by atoms with Gasteiger partial charge in [0.1, 0.15) is 0 Å². The summed E-state index contributed by atoms with van der Waals surface area (Å²) < 4.78 is 5.43. The van der Waals surface area contributed by atoms with Crippen LogP contribution < -0.4 is 9.91 Å². The zero-order valence-electron chi connectivity index (χ0n) is 19.7. The van der Waals surface area contributed by atoms with Crippen molar-refractivity contribution < 1.29 is 14.5 Å². The molecule has 2 aliphatic rings. The Morgan fingerprint density at radius 2 is 1.78 bits per heavy atom. The number of fused-ring (bicyclic) bond motifs is 3. The van der Waals surface area contributed by atoms with E-state index >= 15 is 0 Å². The Morgan fingerprint density at radius 1 is 1.08 bits per heavy atom. The zero-order valence-corrected chi connectivity index (χ0v) is 20.5. The van der Waals surface area contributed by atoms with Gasteiger partial charge in [0.2, 0.25) is 5.84 Å². The maximum atomic E-state index is 13.3. The lowest BCUT2D eigenvalue weighted by atomic mass is 9.92. The predicted octanol–water partition coefficient (Wildman–Crippen LogP) is 5.45. The fourth-order valence-corrected chi connectivity index (χ4v) is 5.12. The molecule has 1 unspecified atom stereocenters. The number of ether oxygens (including phenoxy) is 1. The second-order valence-electron chi connectivity index (χ2n) is 8.12. The van der Waals surface area contributed by atoms with E-state index in [2.05, 4.69) is 0 Å². The van der Waals surface area contributed by atoms with E-state index < -0.39 is 16.6 Å². The lowest BCUT2D eigenvalue weighted by Gasteiger charge is -2.44. The van der Waals surface area contributed by atoms with Gasteiger partial charge in [0.25, 0.3) is 5.69 Å². The number of hydrazone groups is 1. The Hall–Kier alpha value is -4.18. The second kappa shape index (κ2) is 9.46. The topological polar surface area (TPSA) is 101 Å². The number of benzene rings is 3. The molecule has 0 bridgehead atoms. The first-order valence-electron chi connectivity index (χ1n) is 11.4. The van der Waals surface area contributed by atoms with Crippen molar-refractivity contribution in [1.82, 2.24) is 0 Å². The van der Waals surface area contributed by atoms with Gasteiger partial charge in [0.05, 0.1) is 33.6 Å². The normalized spacial score (nSPS) is 18.5. The molecule has 10 heteroatoms. The van der Waals surface area contributed by atoms with Gasteiger partial charge in [-0.15, -0.1) is 16.9 Å². The number of nitrogens with zero attached hydrogens (tertiary/aromatic N) is 5. The third kappa shape index (κ3) is 3.79. The van der Waals surface area contributed by atoms with Crippen LogP contribution in [0.15, 0.2) is 89.0 Å². The van der Waals surface area contributed by atoms with Gasteiger partial charge < -0.3 is 4.74 Å². The van der Waals surface area contributed by atoms with E-state index in [-0.39, 0.29) is 18.1 Å². The quantitative estimate of drug-likeness (QED) is 0.260. The van der Waals surface area contributed by atoms with Crippen LogP contribution in [0.2, 0.25) is 0 Å². The average Bonchev–Trinajstić information content (AvgIpc) is 3.16. The molecule has 3 aromatic rings. The molecule has 2 heterocycles. The van der Waals surface area contributed by atoms with Crippen molar-refractivity contribution in [3.8, 4) is 0 Å². The highest BCUT2D eigenvalue weighted by Crippen LogP contribution is 2.51. The van der Waals surface area contributed by atoms with E-state index in [9.17, 15) is 14.9 Å². The van der Waals surface area contributed by atoms with Gasteiger partial charge in [-0.05, 0) is 37.4 Å². The Morgan fingerprint density at radius 3 is 2.44 bits per heavy atom. The SMILES string of the molecule is CCOC(=O)C1=NN(c2ccc([N+](=O)[O-])cc2)C2(c3ccccc3)CC(SC)=Nc3ccccc3N12. The molecule has 0 radical (unpaired) electrons. The molecule has 3 aromatic carbocycles. The number of aliphatic imine (C=N–C) groups is 1. The van der Waals surface area contributed by atoms with Crippen LogP contribution in [-0.4, -0.2) is 34.6 Å². The van der Waals surface area contributed by atoms with E-state index in [0.717, 1.165) is 10.6 Å². The number of nitro groups is 1. The van der Waals surface area contributed by atoms with Crippen molar-refractivity contribution in [2.75, 3.05) is 22.8 Å². The van der Waals surface area contributed by atoms with Crippen molar-refractivity contribution in [3.05, 3.63) is 94.5 Å². The molecule has 0 saturated heterocycles. The molecule has 0 N–H and O–H groups in total. The molecule has 2 aliphatic heterocycles. The standard InChI is InChI=1S/C26H23N5O4S/c1-3-35-25(32)24-28-30(19-13-15-20(16-14-19)31(33)34)26(18-9-5-4-6-10-18)17-23(36-2)27-21-11-7-8-12-22(21)29(24)26/h4-16H,3,17H2,1-2H3. The average molecular weight is 502 g/mol. The summed E-state index contributed by atoms with van der Waals surface area (Å²) in [7, 11) is 0. The predicted molar refractivity (Wildman–Crippen MR) is 142 cm³/mol. The molecule has 5 rings (SSSR count). The summed E-state index contributed by atoms with van der Waals surface area (Å²) in [6.45, 7) is 1.94. The Kier molecular flexibility index (Phi) is 6.19. The van der Waals surface area contributed by atoms with Crippen LogP contribution >= 0.6 is 11.8 Å². The number of hydrogen-bond donors (Lipinski definition) is 0. The molecule has 0 spiro atoms. The maximum Gasteiger partial charge on any atom is 0.376 e. The van der Waals surface area contributed by atoms with Crippen LogP contribution in [-0.2, 0) is 15.2 Å². The lowest BCUT2D eigenvalue weighted by Crippen LogP contribution is -2.55. The van der Waals surface area contributed by atoms with Crippen LogP contribution in [0.1, 0.15) is 18.9 Å². The smallest absolute Gasteiger partial charge is 0.376 e. The first kappa shape index (κ1) is 23.6. The summed E-state index contributed by atoms with van der Waals surface area (Å²) in [5.41, 5.74) is 1.84. The highest BCUT2D eigenvalue weighted by molar-refractivity contribution is 8.13. The van der Waals surface area contributed by atoms with E-state index in [1.807, 2.05) is 65.8 Å². The molecule has 9 nitrogen and oxygen atoms in total. The first-order chi connectivity index (χ1) is 17.5. The number of carbonyl (C=O) groups is 1. The van der Waals surface area contributed by atoms with Gasteiger partial charge >= 0.3 is 5.97 Å². The minimum Gasteiger partial charge on any atom is -0.460 e. The van der Waals surface area contributed by atoms with Gasteiger partial charge in [0, 0.05) is 24.1 Å². The molecule has 182 valence electrons. The highest BCUT2D eigenvalue weighted by Gasteiger charge is 2.55. The van der Waals surface area contributed by atoms with Crippen molar-refractivity contribution in [1.29, 1.82) is 0 Å². The van der Waals surface area contributed by atoms with E-state index in [0.29, 0.717) is 23.5 Å². The summed E-state index contributed by atoms with van der Waals surface area (Å²) in [4.78, 5) is 31.0. The number of thioether (sulfide) groups is 1. The van der Waals surface area contributed by atoms with Gasteiger partial charge in [-0.3, -0.25) is 15.0 Å². The second-order valence-corrected chi connectivity index (χ2v) is 9.00.